The van der Waals surface area contributed by atoms with Crippen LogP contribution in [0.2, 0.25) is 0 Å². The van der Waals surface area contributed by atoms with E-state index in [-0.39, 0.29) is 16.8 Å². The third kappa shape index (κ3) is 2.64. The van der Waals surface area contributed by atoms with Crippen LogP contribution in [0.3, 0.4) is 0 Å². The number of benzene rings is 1. The van der Waals surface area contributed by atoms with Crippen LogP contribution >= 0.6 is 11.6 Å². The third-order valence-electron chi connectivity index (χ3n) is 4.29. The highest BCUT2D eigenvalue weighted by Gasteiger charge is 2.43. The first-order valence-electron chi connectivity index (χ1n) is 6.98. The minimum absolute atomic E-state index is 0.100. The molecule has 1 heterocycles. The van der Waals surface area contributed by atoms with Crippen LogP contribution in [0.25, 0.3) is 11.0 Å². The van der Waals surface area contributed by atoms with Crippen molar-refractivity contribution in [3.63, 3.8) is 0 Å². The summed E-state index contributed by atoms with van der Waals surface area (Å²) in [4.78, 5) is 4.32. The van der Waals surface area contributed by atoms with Gasteiger partial charge >= 0.3 is 0 Å². The lowest BCUT2D eigenvalue weighted by Crippen LogP contribution is -2.16. The van der Waals surface area contributed by atoms with Crippen molar-refractivity contribution in [2.45, 2.75) is 31.7 Å². The average molecular weight is 315 g/mol. The lowest BCUT2D eigenvalue weighted by molar-refractivity contribution is 0.167. The molecule has 1 aliphatic rings. The number of fused-ring (bicyclic) bond motifs is 1. The number of alkyl halides is 1. The van der Waals surface area contributed by atoms with Gasteiger partial charge in [-0.25, -0.2) is 13.8 Å². The van der Waals surface area contributed by atoms with Crippen LogP contribution in [0.15, 0.2) is 12.1 Å². The SMILES string of the molecule is COCCC1(Cn2c(CCl)nc3ccc(F)c(F)c32)CC1. The predicted molar refractivity (Wildman–Crippen MR) is 77.4 cm³/mol. The van der Waals surface area contributed by atoms with E-state index in [0.29, 0.717) is 24.5 Å². The summed E-state index contributed by atoms with van der Waals surface area (Å²) in [5.41, 5.74) is 0.768. The summed E-state index contributed by atoms with van der Waals surface area (Å²) in [6.45, 7) is 1.27. The summed E-state index contributed by atoms with van der Waals surface area (Å²) in [5, 5.41) is 0. The van der Waals surface area contributed by atoms with Crippen LogP contribution in [-0.4, -0.2) is 23.3 Å². The van der Waals surface area contributed by atoms with Crippen LogP contribution in [0.4, 0.5) is 8.78 Å². The molecule has 1 aromatic carbocycles. The fourth-order valence-electron chi connectivity index (χ4n) is 2.80. The highest BCUT2D eigenvalue weighted by Crippen LogP contribution is 2.50. The van der Waals surface area contributed by atoms with Crippen molar-refractivity contribution >= 4 is 22.6 Å². The van der Waals surface area contributed by atoms with Crippen LogP contribution in [0, 0.1) is 17.0 Å². The first-order valence-corrected chi connectivity index (χ1v) is 7.52. The smallest absolute Gasteiger partial charge is 0.184 e. The molecule has 21 heavy (non-hydrogen) atoms. The molecular formula is C15H17ClF2N2O. The van der Waals surface area contributed by atoms with Crippen molar-refractivity contribution in [1.82, 2.24) is 9.55 Å². The number of aromatic nitrogens is 2. The van der Waals surface area contributed by atoms with Gasteiger partial charge in [-0.15, -0.1) is 11.6 Å². The summed E-state index contributed by atoms with van der Waals surface area (Å²) < 4.78 is 34.6. The fourth-order valence-corrected chi connectivity index (χ4v) is 3.00. The van der Waals surface area contributed by atoms with E-state index in [1.807, 2.05) is 0 Å². The van der Waals surface area contributed by atoms with Crippen LogP contribution in [0.5, 0.6) is 0 Å². The van der Waals surface area contributed by atoms with Gasteiger partial charge in [0.1, 0.15) is 11.3 Å². The Morgan fingerprint density at radius 2 is 2.14 bits per heavy atom. The number of nitrogens with zero attached hydrogens (tertiary/aromatic N) is 2. The summed E-state index contributed by atoms with van der Waals surface area (Å²) in [5.74, 6) is -0.943. The molecule has 2 aromatic rings. The molecule has 0 radical (unpaired) electrons. The zero-order valence-corrected chi connectivity index (χ0v) is 12.6. The van der Waals surface area contributed by atoms with Crippen molar-refractivity contribution in [3.05, 3.63) is 29.6 Å². The maximum Gasteiger partial charge on any atom is 0.184 e. The van der Waals surface area contributed by atoms with E-state index in [9.17, 15) is 8.78 Å². The van der Waals surface area contributed by atoms with Gasteiger partial charge in [-0.05, 0) is 36.8 Å². The maximum absolute atomic E-state index is 14.2. The second kappa shape index (κ2) is 5.54. The standard InChI is InChI=1S/C15H17ClF2N2O/c1-21-7-6-15(4-5-15)9-20-12(8-16)19-11-3-2-10(17)13(18)14(11)20/h2-3H,4-9H2,1H3. The van der Waals surface area contributed by atoms with Gasteiger partial charge in [-0.3, -0.25) is 0 Å². The highest BCUT2D eigenvalue weighted by atomic mass is 35.5. The number of imidazole rings is 1. The van der Waals surface area contributed by atoms with E-state index < -0.39 is 11.6 Å². The second-order valence-corrected chi connectivity index (χ2v) is 5.99. The molecule has 1 fully saturated rings. The Hall–Kier alpha value is -1.20. The molecule has 1 aromatic heterocycles. The number of hydrogen-bond acceptors (Lipinski definition) is 2. The topological polar surface area (TPSA) is 27.1 Å². The zero-order valence-electron chi connectivity index (χ0n) is 11.8. The minimum atomic E-state index is -0.855. The van der Waals surface area contributed by atoms with E-state index in [4.69, 9.17) is 16.3 Å². The molecule has 0 unspecified atom stereocenters. The molecule has 3 rings (SSSR count). The van der Waals surface area contributed by atoms with E-state index in [2.05, 4.69) is 4.98 Å². The van der Waals surface area contributed by atoms with Gasteiger partial charge in [0.25, 0.3) is 0 Å². The second-order valence-electron chi connectivity index (χ2n) is 5.72. The quantitative estimate of drug-likeness (QED) is 0.757. The molecule has 1 saturated carbocycles. The van der Waals surface area contributed by atoms with E-state index in [0.717, 1.165) is 25.3 Å². The molecule has 0 amide bonds. The van der Waals surface area contributed by atoms with E-state index in [1.165, 1.54) is 6.07 Å². The molecule has 0 spiro atoms. The van der Waals surface area contributed by atoms with Crippen molar-refractivity contribution in [2.75, 3.05) is 13.7 Å². The maximum atomic E-state index is 14.2. The molecular weight excluding hydrogens is 298 g/mol. The molecule has 6 heteroatoms. The van der Waals surface area contributed by atoms with Gasteiger partial charge in [0, 0.05) is 20.3 Å². The van der Waals surface area contributed by atoms with Crippen molar-refractivity contribution in [1.29, 1.82) is 0 Å². The zero-order chi connectivity index (χ0) is 15.0. The Morgan fingerprint density at radius 3 is 2.76 bits per heavy atom. The van der Waals surface area contributed by atoms with Crippen molar-refractivity contribution in [2.24, 2.45) is 5.41 Å². The lowest BCUT2D eigenvalue weighted by atomic mass is 10.0. The number of hydrogen-bond donors (Lipinski definition) is 0. The Morgan fingerprint density at radius 1 is 1.38 bits per heavy atom. The average Bonchev–Trinajstić information content (AvgIpc) is 3.15. The normalized spacial score (nSPS) is 16.6. The molecule has 1 aliphatic carbocycles. The Kier molecular flexibility index (Phi) is 3.88. The minimum Gasteiger partial charge on any atom is -0.385 e. The Labute approximate surface area is 126 Å². The molecule has 0 saturated heterocycles. The number of methoxy groups -OCH3 is 1. The first-order chi connectivity index (χ1) is 10.1. The van der Waals surface area contributed by atoms with Crippen LogP contribution in [0.1, 0.15) is 25.1 Å². The monoisotopic (exact) mass is 314 g/mol. The summed E-state index contributed by atoms with van der Waals surface area (Å²) in [6, 6.07) is 2.60. The molecule has 0 N–H and O–H groups in total. The first kappa shape index (κ1) is 14.7. The van der Waals surface area contributed by atoms with Crippen LogP contribution in [-0.2, 0) is 17.2 Å². The van der Waals surface area contributed by atoms with E-state index >= 15 is 0 Å². The summed E-state index contributed by atoms with van der Waals surface area (Å²) >= 11 is 5.93. The van der Waals surface area contributed by atoms with Gasteiger partial charge in [0.05, 0.1) is 11.4 Å². The fraction of sp³-hybridized carbons (Fsp3) is 0.533. The van der Waals surface area contributed by atoms with Crippen LogP contribution < -0.4 is 0 Å². The number of ether oxygens (including phenoxy) is 1. The number of halogens is 3. The predicted octanol–water partition coefficient (Wildman–Crippen LogP) is 3.87. The van der Waals surface area contributed by atoms with Crippen molar-refractivity contribution < 1.29 is 13.5 Å². The summed E-state index contributed by atoms with van der Waals surface area (Å²) in [7, 11) is 1.67. The molecule has 0 bridgehead atoms. The molecule has 0 atom stereocenters. The van der Waals surface area contributed by atoms with Gasteiger partial charge in [-0.2, -0.15) is 0 Å². The van der Waals surface area contributed by atoms with E-state index in [1.54, 1.807) is 11.7 Å². The van der Waals surface area contributed by atoms with Gasteiger partial charge in [0.2, 0.25) is 0 Å². The Bertz CT molecular complexity index is 667. The Balaban J connectivity index is 2.02. The molecule has 3 nitrogen and oxygen atoms in total. The lowest BCUT2D eigenvalue weighted by Gasteiger charge is -2.17. The number of rotatable bonds is 6. The third-order valence-corrected chi connectivity index (χ3v) is 4.52. The van der Waals surface area contributed by atoms with Crippen molar-refractivity contribution in [3.8, 4) is 0 Å². The largest absolute Gasteiger partial charge is 0.385 e. The van der Waals surface area contributed by atoms with Gasteiger partial charge < -0.3 is 9.30 Å². The summed E-state index contributed by atoms with van der Waals surface area (Å²) in [6.07, 6.45) is 3.03. The molecule has 0 aliphatic heterocycles. The molecule has 114 valence electrons. The van der Waals surface area contributed by atoms with Gasteiger partial charge in [-0.1, -0.05) is 0 Å². The van der Waals surface area contributed by atoms with Gasteiger partial charge in [0.15, 0.2) is 11.6 Å². The highest BCUT2D eigenvalue weighted by molar-refractivity contribution is 6.16.